The Morgan fingerprint density at radius 1 is 0.938 bits per heavy atom. The number of aliphatic carboxylic acids is 1. The van der Waals surface area contributed by atoms with Crippen molar-refractivity contribution in [3.8, 4) is 0 Å². The predicted octanol–water partition coefficient (Wildman–Crippen LogP) is 7.14. The summed E-state index contributed by atoms with van der Waals surface area (Å²) in [6.45, 7) is 6.46. The third kappa shape index (κ3) is 6.47. The number of fused-ring (bicyclic) bond motifs is 2. The van der Waals surface area contributed by atoms with E-state index in [1.807, 2.05) is 31.3 Å². The molecule has 3 aromatic rings. The molecule has 9 nitrogen and oxygen atoms in total. The van der Waals surface area contributed by atoms with Gasteiger partial charge in [-0.2, -0.15) is 13.0 Å². The topological polar surface area (TPSA) is 124 Å². The first kappa shape index (κ1) is 34.8. The molecule has 0 amide bonds. The van der Waals surface area contributed by atoms with E-state index in [0.29, 0.717) is 31.2 Å². The van der Waals surface area contributed by atoms with Crippen LogP contribution in [0.1, 0.15) is 79.9 Å². The molecule has 3 aromatic carbocycles. The average Bonchev–Trinajstić information content (AvgIpc) is 3.37. The summed E-state index contributed by atoms with van der Waals surface area (Å²) in [7, 11) is 0.899. The van der Waals surface area contributed by atoms with Crippen LogP contribution in [-0.4, -0.2) is 61.5 Å². The van der Waals surface area contributed by atoms with Crippen LogP contribution in [0, 0.1) is 0 Å². The van der Waals surface area contributed by atoms with E-state index >= 15 is 0 Å². The monoisotopic (exact) mass is 671 g/mol. The van der Waals surface area contributed by atoms with E-state index in [1.165, 1.54) is 18.7 Å². The van der Waals surface area contributed by atoms with Gasteiger partial charge >= 0.3 is 11.9 Å². The van der Waals surface area contributed by atoms with Gasteiger partial charge < -0.3 is 14.7 Å². The maximum absolute atomic E-state index is 12.3. The van der Waals surface area contributed by atoms with Crippen molar-refractivity contribution in [1.82, 2.24) is 0 Å². The summed E-state index contributed by atoms with van der Waals surface area (Å²) in [6.07, 6.45) is 6.94. The number of methoxy groups -OCH3 is 1. The summed E-state index contributed by atoms with van der Waals surface area (Å²) in [5, 5.41) is 9.15. The number of carbonyl (C=O) groups excluding carboxylic acids is 1. The van der Waals surface area contributed by atoms with Crippen LogP contribution in [0.2, 0.25) is 0 Å². The van der Waals surface area contributed by atoms with E-state index in [2.05, 4.69) is 61.6 Å². The number of anilines is 1. The van der Waals surface area contributed by atoms with Gasteiger partial charge in [0.05, 0.1) is 23.0 Å². The summed E-state index contributed by atoms with van der Waals surface area (Å²) in [5.41, 5.74) is 7.11. The summed E-state index contributed by atoms with van der Waals surface area (Å²) in [4.78, 5) is 25.3. The van der Waals surface area contributed by atoms with Crippen molar-refractivity contribution in [3.63, 3.8) is 0 Å². The molecule has 2 aliphatic heterocycles. The highest BCUT2D eigenvalue weighted by atomic mass is 32.2. The number of carbonyl (C=O) groups is 2. The van der Waals surface area contributed by atoms with Crippen LogP contribution < -0.4 is 4.90 Å². The van der Waals surface area contributed by atoms with E-state index in [1.54, 1.807) is 24.3 Å². The Kier molecular flexibility index (Phi) is 9.54. The molecule has 1 unspecified atom stereocenters. The standard InChI is InChI=1S/C38H42N2O7S/c1-37(2)29-12-9-10-13-31(29)39(4)33(37)22-27(25-15-17-26(18-16-25)36(43)47-6)23-34-38(3,21-11-7-8-14-35(41)42)30-24-28(48(44,45)46)19-20-32(30)40(34)5/h9-10,12-13,15-20,22-24H,7-8,11,14,21H2,1-6H3,(H-,41,42,44,45,46)/p+1. The second-order valence-corrected chi connectivity index (χ2v) is 14.7. The third-order valence-corrected chi connectivity index (χ3v) is 10.7. The number of hydrogen-bond donors (Lipinski definition) is 2. The van der Waals surface area contributed by atoms with Crippen LogP contribution in [0.5, 0.6) is 0 Å². The number of nitrogens with zero attached hydrogens (tertiary/aromatic N) is 2. The number of carboxylic acids is 1. The van der Waals surface area contributed by atoms with Gasteiger partial charge in [-0.15, -0.1) is 0 Å². The van der Waals surface area contributed by atoms with Crippen molar-refractivity contribution in [2.45, 2.75) is 68.6 Å². The average molecular weight is 672 g/mol. The van der Waals surface area contributed by atoms with Crippen molar-refractivity contribution in [2.24, 2.45) is 0 Å². The Morgan fingerprint density at radius 3 is 2.23 bits per heavy atom. The first-order valence-electron chi connectivity index (χ1n) is 16.0. The van der Waals surface area contributed by atoms with Crippen LogP contribution >= 0.6 is 0 Å². The molecule has 0 aromatic heterocycles. The molecular formula is C38H43N2O7S+. The third-order valence-electron chi connectivity index (χ3n) is 9.88. The first-order chi connectivity index (χ1) is 22.6. The number of para-hydroxylation sites is 1. The number of unbranched alkanes of at least 4 members (excludes halogenated alkanes) is 2. The Labute approximate surface area is 282 Å². The summed E-state index contributed by atoms with van der Waals surface area (Å²) >= 11 is 0. The lowest BCUT2D eigenvalue weighted by molar-refractivity contribution is -0.401. The van der Waals surface area contributed by atoms with Crippen LogP contribution in [-0.2, 0) is 30.5 Å². The second kappa shape index (κ2) is 13.2. The van der Waals surface area contributed by atoms with Crippen molar-refractivity contribution in [2.75, 3.05) is 26.1 Å². The second-order valence-electron chi connectivity index (χ2n) is 13.3. The number of rotatable bonds is 11. The number of esters is 1. The maximum atomic E-state index is 12.3. The fourth-order valence-electron chi connectivity index (χ4n) is 7.18. The van der Waals surface area contributed by atoms with Gasteiger partial charge in [0.25, 0.3) is 10.1 Å². The number of hydrogen-bond acceptors (Lipinski definition) is 6. The van der Waals surface area contributed by atoms with Gasteiger partial charge in [0.1, 0.15) is 7.05 Å². The van der Waals surface area contributed by atoms with Crippen molar-refractivity contribution in [1.29, 1.82) is 0 Å². The van der Waals surface area contributed by atoms with Gasteiger partial charge in [0.15, 0.2) is 5.71 Å². The van der Waals surface area contributed by atoms with E-state index in [0.717, 1.165) is 39.5 Å². The molecule has 2 heterocycles. The van der Waals surface area contributed by atoms with Gasteiger partial charge in [-0.05, 0) is 86.7 Å². The molecule has 0 saturated heterocycles. The van der Waals surface area contributed by atoms with Gasteiger partial charge in [-0.3, -0.25) is 9.35 Å². The molecule has 10 heteroatoms. The van der Waals surface area contributed by atoms with Crippen molar-refractivity contribution >= 4 is 44.7 Å². The molecule has 1 atom stereocenters. The molecule has 0 bridgehead atoms. The Morgan fingerprint density at radius 2 is 1.60 bits per heavy atom. The minimum Gasteiger partial charge on any atom is -0.481 e. The van der Waals surface area contributed by atoms with Gasteiger partial charge in [-0.25, -0.2) is 4.79 Å². The molecule has 48 heavy (non-hydrogen) atoms. The van der Waals surface area contributed by atoms with E-state index in [9.17, 15) is 22.6 Å². The van der Waals surface area contributed by atoms with Gasteiger partial charge in [0, 0.05) is 48.0 Å². The zero-order valence-corrected chi connectivity index (χ0v) is 29.1. The lowest BCUT2D eigenvalue weighted by Gasteiger charge is -2.29. The number of carboxylic acid groups (broad SMARTS) is 1. The fraction of sp³-hybridized carbons (Fsp3) is 0.342. The minimum atomic E-state index is -4.45. The van der Waals surface area contributed by atoms with Crippen LogP contribution in [0.3, 0.4) is 0 Å². The number of allylic oxidation sites excluding steroid dienone is 4. The van der Waals surface area contributed by atoms with Crippen LogP contribution in [0.25, 0.3) is 5.57 Å². The summed E-state index contributed by atoms with van der Waals surface area (Å²) in [6, 6.07) is 20.3. The van der Waals surface area contributed by atoms with Crippen LogP contribution in [0.4, 0.5) is 11.4 Å². The molecule has 2 N–H and O–H groups in total. The predicted molar refractivity (Wildman–Crippen MR) is 187 cm³/mol. The molecule has 0 spiro atoms. The Hall–Kier alpha value is -4.54. The SMILES string of the molecule is COC(=O)c1ccc(C(=CC2=[N+](C)c3ccccc3C2(C)C)C=C2N(C)c3ccc(S(=O)(=O)O)cc3C2(C)CCCCCC(=O)O)cc1. The number of ether oxygens (including phenoxy) is 1. The fourth-order valence-corrected chi connectivity index (χ4v) is 7.68. The highest BCUT2D eigenvalue weighted by Gasteiger charge is 2.45. The molecule has 5 rings (SSSR count). The van der Waals surface area contributed by atoms with Crippen molar-refractivity contribution in [3.05, 3.63) is 107 Å². The Balaban J connectivity index is 1.70. The maximum Gasteiger partial charge on any atom is 0.337 e. The van der Waals surface area contributed by atoms with Crippen molar-refractivity contribution < 1.29 is 37.0 Å². The van der Waals surface area contributed by atoms with Gasteiger partial charge in [-0.1, -0.05) is 43.2 Å². The lowest BCUT2D eigenvalue weighted by Crippen LogP contribution is -2.28. The molecule has 0 radical (unpaired) electrons. The molecule has 0 aliphatic carbocycles. The summed E-state index contributed by atoms with van der Waals surface area (Å²) < 4.78 is 41.5. The largest absolute Gasteiger partial charge is 0.481 e. The number of likely N-dealkylation sites (N-methyl/N-ethyl adjacent to an activating group) is 1. The normalized spacial score (nSPS) is 19.4. The van der Waals surface area contributed by atoms with Gasteiger partial charge in [0.2, 0.25) is 5.69 Å². The lowest BCUT2D eigenvalue weighted by atomic mass is 9.76. The Bertz CT molecular complexity index is 1970. The molecule has 0 fully saturated rings. The molecule has 252 valence electrons. The van der Waals surface area contributed by atoms with E-state index in [4.69, 9.17) is 9.84 Å². The zero-order chi connectivity index (χ0) is 35.0. The van der Waals surface area contributed by atoms with E-state index < -0.39 is 27.5 Å². The molecule has 0 saturated carbocycles. The van der Waals surface area contributed by atoms with E-state index in [-0.39, 0.29) is 16.7 Å². The highest BCUT2D eigenvalue weighted by molar-refractivity contribution is 7.85. The summed E-state index contributed by atoms with van der Waals surface area (Å²) in [5.74, 6) is -1.26. The highest BCUT2D eigenvalue weighted by Crippen LogP contribution is 2.51. The number of benzene rings is 3. The molecule has 2 aliphatic rings. The molecular weight excluding hydrogens is 628 g/mol. The minimum absolute atomic E-state index is 0.0849. The smallest absolute Gasteiger partial charge is 0.337 e. The zero-order valence-electron chi connectivity index (χ0n) is 28.3. The first-order valence-corrected chi connectivity index (χ1v) is 17.4. The van der Waals surface area contributed by atoms with Crippen LogP contribution in [0.15, 0.2) is 89.5 Å². The quantitative estimate of drug-likeness (QED) is 0.0955.